The Morgan fingerprint density at radius 1 is 1.53 bits per heavy atom. The second-order valence-corrected chi connectivity index (χ2v) is 5.29. The van der Waals surface area contributed by atoms with E-state index in [4.69, 9.17) is 10.5 Å². The van der Waals surface area contributed by atoms with E-state index in [9.17, 15) is 9.90 Å². The maximum atomic E-state index is 11.6. The van der Waals surface area contributed by atoms with Crippen LogP contribution < -0.4 is 5.73 Å². The minimum absolute atomic E-state index is 0.179. The first kappa shape index (κ1) is 14.0. The fraction of sp³-hybridized carbons (Fsp3) is 0.417. The topological polar surface area (TPSA) is 72.5 Å². The number of ether oxygens (including phenoxy) is 1. The Kier molecular flexibility index (Phi) is 4.54. The molecule has 0 aliphatic heterocycles. The molecule has 0 aromatic heterocycles. The van der Waals surface area contributed by atoms with E-state index in [0.717, 1.165) is 4.47 Å². The van der Waals surface area contributed by atoms with Crippen molar-refractivity contribution in [3.8, 4) is 0 Å². The van der Waals surface area contributed by atoms with E-state index in [1.54, 1.807) is 32.0 Å². The quantitative estimate of drug-likeness (QED) is 0.661. The van der Waals surface area contributed by atoms with Gasteiger partial charge in [-0.05, 0) is 48.0 Å². The number of aliphatic hydroxyl groups is 1. The summed E-state index contributed by atoms with van der Waals surface area (Å²) in [5, 5.41) is 9.46. The third-order valence-corrected chi connectivity index (χ3v) is 2.90. The van der Waals surface area contributed by atoms with Gasteiger partial charge in [0.2, 0.25) is 0 Å². The van der Waals surface area contributed by atoms with Crippen LogP contribution in [-0.2, 0) is 4.74 Å². The summed E-state index contributed by atoms with van der Waals surface area (Å²) >= 11 is 3.25. The highest BCUT2D eigenvalue weighted by molar-refractivity contribution is 9.10. The molecule has 3 N–H and O–H groups in total. The Balaban J connectivity index is 2.56. The van der Waals surface area contributed by atoms with Gasteiger partial charge in [0, 0.05) is 16.6 Å². The van der Waals surface area contributed by atoms with E-state index in [2.05, 4.69) is 15.9 Å². The molecule has 94 valence electrons. The lowest BCUT2D eigenvalue weighted by Crippen LogP contribution is -2.22. The Morgan fingerprint density at radius 2 is 2.18 bits per heavy atom. The van der Waals surface area contributed by atoms with E-state index < -0.39 is 11.6 Å². The highest BCUT2D eigenvalue weighted by atomic mass is 79.9. The number of nitrogens with two attached hydrogens (primary N) is 1. The van der Waals surface area contributed by atoms with E-state index in [0.29, 0.717) is 17.7 Å². The Labute approximate surface area is 109 Å². The van der Waals surface area contributed by atoms with Crippen molar-refractivity contribution in [1.82, 2.24) is 0 Å². The van der Waals surface area contributed by atoms with Crippen molar-refractivity contribution < 1.29 is 14.6 Å². The molecule has 1 aromatic carbocycles. The minimum atomic E-state index is -0.834. The number of carbonyl (C=O) groups is 1. The SMILES string of the molecule is CC(C)(O)CCOC(=O)c1ccc(Br)c(N)c1. The van der Waals surface area contributed by atoms with E-state index in [-0.39, 0.29) is 6.61 Å². The molecule has 0 saturated heterocycles. The predicted octanol–water partition coefficient (Wildman–Crippen LogP) is 2.35. The molecular weight excluding hydrogens is 286 g/mol. The van der Waals surface area contributed by atoms with Crippen molar-refractivity contribution in [1.29, 1.82) is 0 Å². The molecule has 5 heteroatoms. The Hall–Kier alpha value is -1.07. The number of benzene rings is 1. The molecule has 0 aliphatic rings. The van der Waals surface area contributed by atoms with Crippen LogP contribution in [0.4, 0.5) is 5.69 Å². The van der Waals surface area contributed by atoms with Crippen molar-refractivity contribution in [2.75, 3.05) is 12.3 Å². The largest absolute Gasteiger partial charge is 0.462 e. The molecular formula is C12H16BrNO3. The molecule has 1 aromatic rings. The van der Waals surface area contributed by atoms with Crippen molar-refractivity contribution >= 4 is 27.6 Å². The van der Waals surface area contributed by atoms with Crippen LogP contribution in [0.1, 0.15) is 30.6 Å². The molecule has 1 rings (SSSR count). The summed E-state index contributed by atoms with van der Waals surface area (Å²) in [5.74, 6) is -0.437. The summed E-state index contributed by atoms with van der Waals surface area (Å²) in [6.07, 6.45) is 0.394. The maximum absolute atomic E-state index is 11.6. The monoisotopic (exact) mass is 301 g/mol. The number of carbonyl (C=O) groups excluding carboxylic acids is 1. The molecule has 0 atom stereocenters. The highest BCUT2D eigenvalue weighted by Crippen LogP contribution is 2.20. The van der Waals surface area contributed by atoms with Gasteiger partial charge in [-0.25, -0.2) is 4.79 Å². The van der Waals surface area contributed by atoms with Crippen LogP contribution >= 0.6 is 15.9 Å². The van der Waals surface area contributed by atoms with Crippen LogP contribution in [0.25, 0.3) is 0 Å². The van der Waals surface area contributed by atoms with E-state index in [1.807, 2.05) is 0 Å². The van der Waals surface area contributed by atoms with Crippen LogP contribution in [0.5, 0.6) is 0 Å². The van der Waals surface area contributed by atoms with Crippen molar-refractivity contribution in [3.05, 3.63) is 28.2 Å². The summed E-state index contributed by atoms with van der Waals surface area (Å²) in [4.78, 5) is 11.6. The van der Waals surface area contributed by atoms with Crippen molar-refractivity contribution in [2.45, 2.75) is 25.9 Å². The van der Waals surface area contributed by atoms with Crippen molar-refractivity contribution in [2.24, 2.45) is 0 Å². The summed E-state index contributed by atoms with van der Waals surface area (Å²) in [5.41, 5.74) is 5.72. The first-order valence-electron chi connectivity index (χ1n) is 5.24. The molecule has 0 amide bonds. The molecule has 0 unspecified atom stereocenters. The Morgan fingerprint density at radius 3 is 2.71 bits per heavy atom. The zero-order chi connectivity index (χ0) is 13.1. The van der Waals surface area contributed by atoms with Gasteiger partial charge in [0.25, 0.3) is 0 Å². The standard InChI is InChI=1S/C12H16BrNO3/c1-12(2,16)5-6-17-11(15)8-3-4-9(13)10(14)7-8/h3-4,7,16H,5-6,14H2,1-2H3. The molecule has 0 heterocycles. The van der Waals surface area contributed by atoms with Gasteiger partial charge >= 0.3 is 5.97 Å². The average Bonchev–Trinajstić information content (AvgIpc) is 2.20. The van der Waals surface area contributed by atoms with Crippen LogP contribution in [-0.4, -0.2) is 23.3 Å². The summed E-state index contributed by atoms with van der Waals surface area (Å²) in [6.45, 7) is 3.51. The first-order valence-corrected chi connectivity index (χ1v) is 6.03. The van der Waals surface area contributed by atoms with Gasteiger partial charge in [0.1, 0.15) is 0 Å². The van der Waals surface area contributed by atoms with Gasteiger partial charge in [0.05, 0.1) is 17.8 Å². The zero-order valence-electron chi connectivity index (χ0n) is 9.87. The Bertz CT molecular complexity index is 413. The average molecular weight is 302 g/mol. The number of rotatable bonds is 4. The smallest absolute Gasteiger partial charge is 0.338 e. The van der Waals surface area contributed by atoms with Crippen LogP contribution in [0.3, 0.4) is 0 Å². The summed E-state index contributed by atoms with van der Waals surface area (Å²) < 4.78 is 5.77. The maximum Gasteiger partial charge on any atom is 0.338 e. The number of hydrogen-bond acceptors (Lipinski definition) is 4. The van der Waals surface area contributed by atoms with Gasteiger partial charge in [-0.15, -0.1) is 0 Å². The molecule has 0 spiro atoms. The predicted molar refractivity (Wildman–Crippen MR) is 69.8 cm³/mol. The first-order chi connectivity index (χ1) is 7.79. The third-order valence-electron chi connectivity index (χ3n) is 2.18. The van der Waals surface area contributed by atoms with Crippen LogP contribution in [0.2, 0.25) is 0 Å². The normalized spacial score (nSPS) is 11.3. The van der Waals surface area contributed by atoms with Gasteiger partial charge in [-0.2, -0.15) is 0 Å². The van der Waals surface area contributed by atoms with Crippen molar-refractivity contribution in [3.63, 3.8) is 0 Å². The number of halogens is 1. The fourth-order valence-electron chi connectivity index (χ4n) is 1.15. The number of hydrogen-bond donors (Lipinski definition) is 2. The summed E-state index contributed by atoms with van der Waals surface area (Å²) in [6, 6.07) is 4.88. The lowest BCUT2D eigenvalue weighted by molar-refractivity contribution is 0.0244. The van der Waals surface area contributed by atoms with Crippen LogP contribution in [0.15, 0.2) is 22.7 Å². The summed E-state index contributed by atoms with van der Waals surface area (Å²) in [7, 11) is 0. The van der Waals surface area contributed by atoms with Gasteiger partial charge in [-0.3, -0.25) is 0 Å². The van der Waals surface area contributed by atoms with Gasteiger partial charge in [-0.1, -0.05) is 0 Å². The minimum Gasteiger partial charge on any atom is -0.462 e. The molecule has 4 nitrogen and oxygen atoms in total. The second kappa shape index (κ2) is 5.51. The lowest BCUT2D eigenvalue weighted by atomic mass is 10.1. The molecule has 0 saturated carbocycles. The highest BCUT2D eigenvalue weighted by Gasteiger charge is 2.14. The van der Waals surface area contributed by atoms with E-state index in [1.165, 1.54) is 0 Å². The fourth-order valence-corrected chi connectivity index (χ4v) is 1.39. The molecule has 0 radical (unpaired) electrons. The van der Waals surface area contributed by atoms with Gasteiger partial charge in [0.15, 0.2) is 0 Å². The number of anilines is 1. The number of nitrogen functional groups attached to an aromatic ring is 1. The molecule has 0 aliphatic carbocycles. The molecule has 0 bridgehead atoms. The number of esters is 1. The lowest BCUT2D eigenvalue weighted by Gasteiger charge is -2.16. The van der Waals surface area contributed by atoms with E-state index >= 15 is 0 Å². The zero-order valence-corrected chi connectivity index (χ0v) is 11.5. The third kappa shape index (κ3) is 4.75. The second-order valence-electron chi connectivity index (χ2n) is 4.43. The molecule has 17 heavy (non-hydrogen) atoms. The molecule has 0 fully saturated rings. The van der Waals surface area contributed by atoms with Gasteiger partial charge < -0.3 is 15.6 Å². The van der Waals surface area contributed by atoms with Crippen LogP contribution in [0, 0.1) is 0 Å².